The molecular formula is C24H31NO8. The molecule has 6 unspecified atom stereocenters. The van der Waals surface area contributed by atoms with E-state index in [0.29, 0.717) is 18.3 Å². The molecule has 3 aliphatic rings. The molecule has 2 bridgehead atoms. The molecule has 2 amide bonds. The van der Waals surface area contributed by atoms with Crippen molar-refractivity contribution < 1.29 is 38.1 Å². The minimum Gasteiger partial charge on any atom is -0.493 e. The quantitative estimate of drug-likeness (QED) is 0.406. The van der Waals surface area contributed by atoms with Gasteiger partial charge in [-0.15, -0.1) is 0 Å². The molecule has 0 spiro atoms. The van der Waals surface area contributed by atoms with Crippen molar-refractivity contribution in [3.8, 4) is 11.5 Å². The number of ether oxygens (including phenoxy) is 5. The van der Waals surface area contributed by atoms with E-state index in [1.54, 1.807) is 24.3 Å². The predicted octanol–water partition coefficient (Wildman–Crippen LogP) is 1.82. The number of esters is 1. The largest absolute Gasteiger partial charge is 0.493 e. The Kier molecular flexibility index (Phi) is 6.63. The van der Waals surface area contributed by atoms with Crippen molar-refractivity contribution in [2.75, 3.05) is 20.3 Å². The number of carbonyl (C=O) groups excluding carboxylic acids is 3. The van der Waals surface area contributed by atoms with Gasteiger partial charge in [-0.2, -0.15) is 0 Å². The first-order valence-electron chi connectivity index (χ1n) is 11.3. The molecular weight excluding hydrogens is 430 g/mol. The van der Waals surface area contributed by atoms with E-state index < -0.39 is 42.2 Å². The molecule has 0 N–H and O–H groups in total. The number of benzene rings is 1. The first kappa shape index (κ1) is 23.5. The molecule has 0 saturated carbocycles. The van der Waals surface area contributed by atoms with Crippen LogP contribution in [0.1, 0.15) is 27.7 Å². The minimum atomic E-state index is -0.787. The van der Waals surface area contributed by atoms with E-state index in [0.717, 1.165) is 10.6 Å². The number of imide groups is 1. The highest BCUT2D eigenvalue weighted by molar-refractivity contribution is 6.06. The zero-order chi connectivity index (χ0) is 23.9. The fourth-order valence-electron chi connectivity index (χ4n) is 4.67. The lowest BCUT2D eigenvalue weighted by molar-refractivity contribution is -0.167. The van der Waals surface area contributed by atoms with Crippen LogP contribution in [0.2, 0.25) is 0 Å². The van der Waals surface area contributed by atoms with Gasteiger partial charge in [-0.05, 0) is 44.0 Å². The van der Waals surface area contributed by atoms with Crippen molar-refractivity contribution in [1.82, 2.24) is 4.90 Å². The number of rotatable bonds is 9. The topological polar surface area (TPSA) is 101 Å². The summed E-state index contributed by atoms with van der Waals surface area (Å²) in [6, 6.07) is 6.99. The fourth-order valence-corrected chi connectivity index (χ4v) is 4.67. The summed E-state index contributed by atoms with van der Waals surface area (Å²) in [7, 11) is 1.47. The lowest BCUT2D eigenvalue weighted by Crippen LogP contribution is -2.51. The van der Waals surface area contributed by atoms with Crippen molar-refractivity contribution in [1.29, 1.82) is 0 Å². The van der Waals surface area contributed by atoms with Gasteiger partial charge in [0.1, 0.15) is 29.8 Å². The minimum absolute atomic E-state index is 0.171. The molecule has 9 heteroatoms. The van der Waals surface area contributed by atoms with Crippen LogP contribution in [0.3, 0.4) is 0 Å². The zero-order valence-corrected chi connectivity index (χ0v) is 19.6. The Hall–Kier alpha value is -2.65. The van der Waals surface area contributed by atoms with Gasteiger partial charge in [0.2, 0.25) is 11.8 Å². The van der Waals surface area contributed by atoms with Crippen molar-refractivity contribution in [2.24, 2.45) is 17.8 Å². The van der Waals surface area contributed by atoms with Gasteiger partial charge in [0.05, 0.1) is 24.5 Å². The SMILES string of the molecule is CC(C)COc1ccc(OCC(=O)OC2C(OC(C)C)C3OC2C2C(=O)N(C)C(=O)C32)cc1. The maximum Gasteiger partial charge on any atom is 0.344 e. The van der Waals surface area contributed by atoms with E-state index in [4.69, 9.17) is 23.7 Å². The number of hydrogen-bond donors (Lipinski definition) is 0. The molecule has 4 rings (SSSR count). The predicted molar refractivity (Wildman–Crippen MR) is 116 cm³/mol. The van der Waals surface area contributed by atoms with Crippen molar-refractivity contribution >= 4 is 17.8 Å². The Morgan fingerprint density at radius 1 is 0.939 bits per heavy atom. The summed E-state index contributed by atoms with van der Waals surface area (Å²) in [6.45, 7) is 8.15. The molecule has 3 aliphatic heterocycles. The van der Waals surface area contributed by atoms with E-state index in [-0.39, 0.29) is 24.5 Å². The maximum absolute atomic E-state index is 12.6. The highest BCUT2D eigenvalue weighted by Crippen LogP contribution is 2.50. The zero-order valence-electron chi connectivity index (χ0n) is 19.6. The Morgan fingerprint density at radius 2 is 1.48 bits per heavy atom. The van der Waals surface area contributed by atoms with E-state index >= 15 is 0 Å². The molecule has 0 aliphatic carbocycles. The summed E-state index contributed by atoms with van der Waals surface area (Å²) in [6.07, 6.45) is -2.92. The van der Waals surface area contributed by atoms with Crippen LogP contribution < -0.4 is 9.47 Å². The number of nitrogens with zero attached hydrogens (tertiary/aromatic N) is 1. The average Bonchev–Trinajstić information content (AvgIpc) is 3.38. The molecule has 3 fully saturated rings. The van der Waals surface area contributed by atoms with Crippen LogP contribution in [0.15, 0.2) is 24.3 Å². The van der Waals surface area contributed by atoms with Crippen molar-refractivity contribution in [3.63, 3.8) is 0 Å². The number of likely N-dealkylation sites (tertiary alicyclic amines) is 1. The Bertz CT molecular complexity index is 898. The van der Waals surface area contributed by atoms with E-state index in [1.807, 2.05) is 13.8 Å². The molecule has 0 radical (unpaired) electrons. The summed E-state index contributed by atoms with van der Waals surface area (Å²) in [5.74, 6) is -0.794. The van der Waals surface area contributed by atoms with Crippen LogP contribution in [0.4, 0.5) is 0 Å². The summed E-state index contributed by atoms with van der Waals surface area (Å²) >= 11 is 0. The van der Waals surface area contributed by atoms with Gasteiger partial charge in [-0.1, -0.05) is 13.8 Å². The summed E-state index contributed by atoms with van der Waals surface area (Å²) < 4.78 is 28.8. The monoisotopic (exact) mass is 461 g/mol. The highest BCUT2D eigenvalue weighted by atomic mass is 16.6. The average molecular weight is 462 g/mol. The molecule has 6 atom stereocenters. The van der Waals surface area contributed by atoms with Gasteiger partial charge in [0.15, 0.2) is 12.7 Å². The van der Waals surface area contributed by atoms with E-state index in [1.165, 1.54) is 7.05 Å². The summed E-state index contributed by atoms with van der Waals surface area (Å²) in [4.78, 5) is 38.8. The van der Waals surface area contributed by atoms with Crippen LogP contribution in [-0.2, 0) is 28.6 Å². The molecule has 9 nitrogen and oxygen atoms in total. The lowest BCUT2D eigenvalue weighted by atomic mass is 9.77. The second-order valence-corrected chi connectivity index (χ2v) is 9.42. The Morgan fingerprint density at radius 3 is 2.03 bits per heavy atom. The molecule has 3 heterocycles. The maximum atomic E-state index is 12.6. The second-order valence-electron chi connectivity index (χ2n) is 9.42. The number of hydrogen-bond acceptors (Lipinski definition) is 8. The molecule has 180 valence electrons. The molecule has 1 aromatic carbocycles. The fraction of sp³-hybridized carbons (Fsp3) is 0.625. The highest BCUT2D eigenvalue weighted by Gasteiger charge is 2.70. The van der Waals surface area contributed by atoms with E-state index in [2.05, 4.69) is 13.8 Å². The third-order valence-corrected chi connectivity index (χ3v) is 6.07. The van der Waals surface area contributed by atoms with Gasteiger partial charge in [0.25, 0.3) is 0 Å². The van der Waals surface area contributed by atoms with Crippen LogP contribution in [0.25, 0.3) is 0 Å². The van der Waals surface area contributed by atoms with Gasteiger partial charge in [-0.3, -0.25) is 14.5 Å². The first-order chi connectivity index (χ1) is 15.7. The third-order valence-electron chi connectivity index (χ3n) is 6.07. The molecule has 0 aromatic heterocycles. The lowest BCUT2D eigenvalue weighted by Gasteiger charge is -2.33. The van der Waals surface area contributed by atoms with Gasteiger partial charge >= 0.3 is 5.97 Å². The number of fused-ring (bicyclic) bond motifs is 5. The third kappa shape index (κ3) is 4.56. The standard InChI is InChI=1S/C24H31NO8/c1-12(2)10-29-14-6-8-15(9-7-14)30-11-16(26)32-22-20-18-17(23(27)25(5)24(18)28)19(33-20)21(22)31-13(3)4/h6-9,12-13,17-22H,10-11H2,1-5H3. The van der Waals surface area contributed by atoms with Gasteiger partial charge in [0, 0.05) is 7.05 Å². The van der Waals surface area contributed by atoms with Crippen LogP contribution in [0, 0.1) is 17.8 Å². The molecule has 1 aromatic rings. The summed E-state index contributed by atoms with van der Waals surface area (Å²) in [5.41, 5.74) is 0. The normalized spacial score (nSPS) is 30.3. The second kappa shape index (κ2) is 9.30. The van der Waals surface area contributed by atoms with Crippen LogP contribution in [0.5, 0.6) is 11.5 Å². The van der Waals surface area contributed by atoms with Crippen molar-refractivity contribution in [2.45, 2.75) is 58.2 Å². The molecule has 33 heavy (non-hydrogen) atoms. The first-order valence-corrected chi connectivity index (χ1v) is 11.3. The van der Waals surface area contributed by atoms with Crippen LogP contribution >= 0.6 is 0 Å². The smallest absolute Gasteiger partial charge is 0.344 e. The van der Waals surface area contributed by atoms with Gasteiger partial charge in [-0.25, -0.2) is 4.79 Å². The Labute approximate surface area is 193 Å². The summed E-state index contributed by atoms with van der Waals surface area (Å²) in [5, 5.41) is 0. The number of carbonyl (C=O) groups is 3. The van der Waals surface area contributed by atoms with Crippen LogP contribution in [-0.4, -0.2) is 73.5 Å². The van der Waals surface area contributed by atoms with E-state index in [9.17, 15) is 14.4 Å². The Balaban J connectivity index is 1.37. The van der Waals surface area contributed by atoms with Crippen molar-refractivity contribution in [3.05, 3.63) is 24.3 Å². The number of amides is 2. The molecule has 3 saturated heterocycles. The van der Waals surface area contributed by atoms with Gasteiger partial charge < -0.3 is 23.7 Å².